The summed E-state index contributed by atoms with van der Waals surface area (Å²) >= 11 is 0. The third-order valence-electron chi connectivity index (χ3n) is 4.27. The molecule has 0 bridgehead atoms. The summed E-state index contributed by atoms with van der Waals surface area (Å²) in [7, 11) is 3.17. The SMILES string of the molecule is CC[C@H](C)NC(=O)N[C@H]1[C@H](NC(=O)N[C@@H](C)CC)N(C)C(=O)N1C. The molecule has 4 N–H and O–H groups in total. The van der Waals surface area contributed by atoms with Crippen LogP contribution >= 0.6 is 0 Å². The Morgan fingerprint density at radius 1 is 0.917 bits per heavy atom. The number of hydrogen-bond acceptors (Lipinski definition) is 3. The highest BCUT2D eigenvalue weighted by Gasteiger charge is 2.43. The third-order valence-corrected chi connectivity index (χ3v) is 4.27. The molecule has 1 aliphatic rings. The van der Waals surface area contributed by atoms with Crippen molar-refractivity contribution in [2.75, 3.05) is 14.1 Å². The maximum Gasteiger partial charge on any atom is 0.323 e. The Morgan fingerprint density at radius 2 is 1.25 bits per heavy atom. The summed E-state index contributed by atoms with van der Waals surface area (Å²) in [6, 6.07) is -0.995. The molecule has 1 aliphatic heterocycles. The molecular weight excluding hydrogens is 312 g/mol. The van der Waals surface area contributed by atoms with Crippen molar-refractivity contribution < 1.29 is 14.4 Å². The molecule has 1 heterocycles. The predicted molar refractivity (Wildman–Crippen MR) is 91.3 cm³/mol. The van der Waals surface area contributed by atoms with Crippen molar-refractivity contribution in [2.24, 2.45) is 0 Å². The molecule has 1 fully saturated rings. The van der Waals surface area contributed by atoms with Gasteiger partial charge in [0.2, 0.25) is 0 Å². The van der Waals surface area contributed by atoms with E-state index in [2.05, 4.69) is 21.3 Å². The zero-order valence-electron chi connectivity index (χ0n) is 15.3. The zero-order valence-corrected chi connectivity index (χ0v) is 15.3. The van der Waals surface area contributed by atoms with Gasteiger partial charge in [-0.15, -0.1) is 0 Å². The first-order chi connectivity index (χ1) is 11.2. The maximum absolute atomic E-state index is 12.2. The fraction of sp³-hybridized carbons (Fsp3) is 0.800. The minimum absolute atomic E-state index is 0.0188. The zero-order chi connectivity index (χ0) is 18.4. The lowest BCUT2D eigenvalue weighted by Crippen LogP contribution is -2.60. The minimum Gasteiger partial charge on any atom is -0.336 e. The van der Waals surface area contributed by atoms with E-state index in [0.29, 0.717) is 0 Å². The van der Waals surface area contributed by atoms with Crippen molar-refractivity contribution in [3.8, 4) is 0 Å². The normalized spacial score (nSPS) is 22.8. The van der Waals surface area contributed by atoms with E-state index < -0.39 is 12.3 Å². The van der Waals surface area contributed by atoms with Crippen molar-refractivity contribution in [2.45, 2.75) is 65.0 Å². The van der Waals surface area contributed by atoms with Crippen molar-refractivity contribution >= 4 is 18.1 Å². The van der Waals surface area contributed by atoms with Gasteiger partial charge in [0.05, 0.1) is 0 Å². The van der Waals surface area contributed by atoms with Crippen molar-refractivity contribution in [3.05, 3.63) is 0 Å². The van der Waals surface area contributed by atoms with E-state index in [1.807, 2.05) is 27.7 Å². The fourth-order valence-corrected chi connectivity index (χ4v) is 2.27. The van der Waals surface area contributed by atoms with Crippen LogP contribution in [0.2, 0.25) is 0 Å². The minimum atomic E-state index is -0.658. The van der Waals surface area contributed by atoms with Gasteiger partial charge < -0.3 is 31.1 Å². The van der Waals surface area contributed by atoms with Crippen LogP contribution in [0.1, 0.15) is 40.5 Å². The molecule has 0 aromatic carbocycles. The topological polar surface area (TPSA) is 106 Å². The van der Waals surface area contributed by atoms with Gasteiger partial charge in [-0.2, -0.15) is 0 Å². The van der Waals surface area contributed by atoms with Crippen LogP contribution in [0.5, 0.6) is 0 Å². The van der Waals surface area contributed by atoms with Crippen LogP contribution in [0.25, 0.3) is 0 Å². The molecule has 1 rings (SSSR count). The highest BCUT2D eigenvalue weighted by atomic mass is 16.2. The molecular formula is C15H30N6O3. The van der Waals surface area contributed by atoms with E-state index in [0.717, 1.165) is 12.8 Å². The smallest absolute Gasteiger partial charge is 0.323 e. The number of nitrogens with one attached hydrogen (secondary N) is 4. The molecule has 0 aliphatic carbocycles. The maximum atomic E-state index is 12.2. The van der Waals surface area contributed by atoms with Gasteiger partial charge in [-0.1, -0.05) is 13.8 Å². The standard InChI is InChI=1S/C15H30N6O3/c1-7-9(3)16-13(22)18-11-12(21(6)15(24)20(11)5)19-14(23)17-10(4)8-2/h9-12H,7-8H2,1-6H3,(H2,16,18,22)(H2,17,19,23)/t9-,10-,11+,12+/m0/s1. The number of hydrogen-bond donors (Lipinski definition) is 4. The van der Waals surface area contributed by atoms with Gasteiger partial charge in [-0.3, -0.25) is 0 Å². The van der Waals surface area contributed by atoms with Crippen LogP contribution in [-0.4, -0.2) is 66.4 Å². The van der Waals surface area contributed by atoms with Gasteiger partial charge in [0.1, 0.15) is 12.3 Å². The van der Waals surface area contributed by atoms with Crippen molar-refractivity contribution in [1.29, 1.82) is 0 Å². The fourth-order valence-electron chi connectivity index (χ4n) is 2.27. The summed E-state index contributed by atoms with van der Waals surface area (Å²) < 4.78 is 0. The molecule has 4 atom stereocenters. The molecule has 1 saturated heterocycles. The monoisotopic (exact) mass is 342 g/mol. The Balaban J connectivity index is 2.76. The Labute approximate surface area is 143 Å². The van der Waals surface area contributed by atoms with Crippen LogP contribution in [0.15, 0.2) is 0 Å². The van der Waals surface area contributed by atoms with Crippen LogP contribution in [0, 0.1) is 0 Å². The van der Waals surface area contributed by atoms with Gasteiger partial charge >= 0.3 is 18.1 Å². The van der Waals surface area contributed by atoms with Crippen molar-refractivity contribution in [1.82, 2.24) is 31.1 Å². The van der Waals surface area contributed by atoms with E-state index >= 15 is 0 Å². The van der Waals surface area contributed by atoms with E-state index in [1.165, 1.54) is 9.80 Å². The first kappa shape index (κ1) is 19.9. The average molecular weight is 342 g/mol. The second-order valence-electron chi connectivity index (χ2n) is 6.25. The van der Waals surface area contributed by atoms with Crippen molar-refractivity contribution in [3.63, 3.8) is 0 Å². The Hall–Kier alpha value is -2.19. The Morgan fingerprint density at radius 3 is 1.54 bits per heavy atom. The van der Waals surface area contributed by atoms with Gasteiger partial charge in [0.25, 0.3) is 0 Å². The summed E-state index contributed by atoms with van der Waals surface area (Å²) in [5.41, 5.74) is 0. The molecule has 0 spiro atoms. The van der Waals surface area contributed by atoms with Gasteiger partial charge in [-0.25, -0.2) is 14.4 Å². The van der Waals surface area contributed by atoms with Gasteiger partial charge in [0.15, 0.2) is 0 Å². The summed E-state index contributed by atoms with van der Waals surface area (Å²) in [5.74, 6) is 0. The predicted octanol–water partition coefficient (Wildman–Crippen LogP) is 0.831. The Bertz CT molecular complexity index is 432. The lowest BCUT2D eigenvalue weighted by atomic mass is 10.2. The lowest BCUT2D eigenvalue weighted by Gasteiger charge is -2.28. The third kappa shape index (κ3) is 4.90. The number of amides is 6. The van der Waals surface area contributed by atoms with Crippen LogP contribution in [0.3, 0.4) is 0 Å². The number of carbonyl (C=O) groups is 3. The van der Waals surface area contributed by atoms with E-state index in [-0.39, 0.29) is 30.2 Å². The number of likely N-dealkylation sites (N-methyl/N-ethyl adjacent to an activating group) is 2. The summed E-state index contributed by atoms with van der Waals surface area (Å²) in [6.45, 7) is 7.72. The summed E-state index contributed by atoms with van der Waals surface area (Å²) in [5, 5.41) is 11.1. The number of nitrogens with zero attached hydrogens (tertiary/aromatic N) is 2. The molecule has 0 saturated carbocycles. The molecule has 24 heavy (non-hydrogen) atoms. The van der Waals surface area contributed by atoms with Gasteiger partial charge in [0, 0.05) is 26.2 Å². The van der Waals surface area contributed by atoms with E-state index in [1.54, 1.807) is 14.1 Å². The molecule has 138 valence electrons. The molecule has 0 unspecified atom stereocenters. The van der Waals surface area contributed by atoms with Crippen LogP contribution < -0.4 is 21.3 Å². The first-order valence-corrected chi connectivity index (χ1v) is 8.34. The molecule has 0 aromatic rings. The largest absolute Gasteiger partial charge is 0.336 e. The Kier molecular flexibility index (Phi) is 7.12. The van der Waals surface area contributed by atoms with Crippen LogP contribution in [0.4, 0.5) is 14.4 Å². The molecule has 9 heteroatoms. The molecule has 0 aromatic heterocycles. The van der Waals surface area contributed by atoms with Crippen LogP contribution in [-0.2, 0) is 0 Å². The summed E-state index contributed by atoms with van der Waals surface area (Å²) in [4.78, 5) is 39.1. The van der Waals surface area contributed by atoms with E-state index in [9.17, 15) is 14.4 Å². The lowest BCUT2D eigenvalue weighted by molar-refractivity contribution is 0.191. The highest BCUT2D eigenvalue weighted by Crippen LogP contribution is 2.16. The highest BCUT2D eigenvalue weighted by molar-refractivity contribution is 5.82. The number of urea groups is 3. The molecule has 0 radical (unpaired) electrons. The second kappa shape index (κ2) is 8.60. The van der Waals surface area contributed by atoms with Gasteiger partial charge in [-0.05, 0) is 26.7 Å². The average Bonchev–Trinajstić information content (AvgIpc) is 2.72. The first-order valence-electron chi connectivity index (χ1n) is 8.34. The van der Waals surface area contributed by atoms with E-state index in [4.69, 9.17) is 0 Å². The number of carbonyl (C=O) groups excluding carboxylic acids is 3. The second-order valence-corrected chi connectivity index (χ2v) is 6.25. The molecule has 6 amide bonds. The summed E-state index contributed by atoms with van der Waals surface area (Å²) in [6.07, 6.45) is 0.279. The quantitative estimate of drug-likeness (QED) is 0.574. The number of rotatable bonds is 6. The molecule has 9 nitrogen and oxygen atoms in total.